The van der Waals surface area contributed by atoms with E-state index in [2.05, 4.69) is 6.07 Å². The minimum absolute atomic E-state index is 0.0898. The van der Waals surface area contributed by atoms with E-state index >= 15 is 0 Å². The van der Waals surface area contributed by atoms with Crippen LogP contribution < -0.4 is 4.90 Å². The molecule has 1 aliphatic rings. The Balaban J connectivity index is 1.82. The lowest BCUT2D eigenvalue weighted by Gasteiger charge is -2.17. The van der Waals surface area contributed by atoms with E-state index in [4.69, 9.17) is 4.98 Å². The number of amides is 1. The number of nitrogens with zero attached hydrogens (tertiary/aromatic N) is 2. The van der Waals surface area contributed by atoms with Crippen LogP contribution in [0.15, 0.2) is 48.5 Å². The summed E-state index contributed by atoms with van der Waals surface area (Å²) in [6.07, 6.45) is 0.742. The SMILES string of the molecule is Cc1cccc2cc3c(nc12)N(C(=O)c1ccccc1F)CC3. The normalized spacial score (nSPS) is 13.4. The first kappa shape index (κ1) is 13.9. The molecule has 0 saturated heterocycles. The molecule has 1 amide bonds. The van der Waals surface area contributed by atoms with Gasteiger partial charge in [0, 0.05) is 11.9 Å². The zero-order valence-corrected chi connectivity index (χ0v) is 12.7. The van der Waals surface area contributed by atoms with Gasteiger partial charge in [0.1, 0.15) is 11.6 Å². The number of aryl methyl sites for hydroxylation is 1. The number of aromatic nitrogens is 1. The van der Waals surface area contributed by atoms with E-state index in [0.717, 1.165) is 28.5 Å². The van der Waals surface area contributed by atoms with Gasteiger partial charge in [-0.05, 0) is 42.7 Å². The Morgan fingerprint density at radius 3 is 2.83 bits per heavy atom. The summed E-state index contributed by atoms with van der Waals surface area (Å²) in [4.78, 5) is 19.0. The van der Waals surface area contributed by atoms with Crippen molar-refractivity contribution in [2.75, 3.05) is 11.4 Å². The second kappa shape index (κ2) is 5.16. The number of carbonyl (C=O) groups excluding carboxylic acids is 1. The number of benzene rings is 2. The van der Waals surface area contributed by atoms with Crippen molar-refractivity contribution in [3.05, 3.63) is 71.0 Å². The van der Waals surface area contributed by atoms with Gasteiger partial charge in [0.05, 0.1) is 11.1 Å². The lowest BCUT2D eigenvalue weighted by Crippen LogP contribution is -2.30. The zero-order chi connectivity index (χ0) is 16.0. The average molecular weight is 306 g/mol. The van der Waals surface area contributed by atoms with E-state index < -0.39 is 5.82 Å². The highest BCUT2D eigenvalue weighted by Gasteiger charge is 2.29. The highest BCUT2D eigenvalue weighted by molar-refractivity contribution is 6.07. The van der Waals surface area contributed by atoms with E-state index in [1.54, 1.807) is 17.0 Å². The van der Waals surface area contributed by atoms with Crippen LogP contribution >= 0.6 is 0 Å². The Hall–Kier alpha value is -2.75. The maximum Gasteiger partial charge on any atom is 0.262 e. The third-order valence-electron chi connectivity index (χ3n) is 4.31. The maximum absolute atomic E-state index is 13.9. The van der Waals surface area contributed by atoms with Crippen molar-refractivity contribution in [1.82, 2.24) is 4.98 Å². The Labute approximate surface area is 133 Å². The van der Waals surface area contributed by atoms with Crippen molar-refractivity contribution in [3.63, 3.8) is 0 Å². The summed E-state index contributed by atoms with van der Waals surface area (Å²) >= 11 is 0. The number of para-hydroxylation sites is 1. The number of halogens is 1. The Morgan fingerprint density at radius 2 is 2.00 bits per heavy atom. The summed E-state index contributed by atoms with van der Waals surface area (Å²) < 4.78 is 13.9. The fourth-order valence-corrected chi connectivity index (χ4v) is 3.11. The van der Waals surface area contributed by atoms with E-state index in [1.807, 2.05) is 25.1 Å². The zero-order valence-electron chi connectivity index (χ0n) is 12.7. The van der Waals surface area contributed by atoms with Gasteiger partial charge in [-0.15, -0.1) is 0 Å². The molecule has 0 saturated carbocycles. The predicted molar refractivity (Wildman–Crippen MR) is 88.3 cm³/mol. The number of hydrogen-bond donors (Lipinski definition) is 0. The van der Waals surface area contributed by atoms with Crippen LogP contribution in [0.5, 0.6) is 0 Å². The lowest BCUT2D eigenvalue weighted by molar-refractivity contribution is 0.0985. The van der Waals surface area contributed by atoms with Crippen molar-refractivity contribution in [1.29, 1.82) is 0 Å². The van der Waals surface area contributed by atoms with E-state index in [0.29, 0.717) is 12.4 Å². The van der Waals surface area contributed by atoms with Gasteiger partial charge in [-0.1, -0.05) is 30.3 Å². The van der Waals surface area contributed by atoms with Crippen molar-refractivity contribution >= 4 is 22.6 Å². The van der Waals surface area contributed by atoms with Gasteiger partial charge in [-0.2, -0.15) is 0 Å². The molecular weight excluding hydrogens is 291 g/mol. The fraction of sp³-hybridized carbons (Fsp3) is 0.158. The number of rotatable bonds is 1. The Kier molecular flexibility index (Phi) is 3.11. The molecule has 1 aromatic heterocycles. The second-order valence-electron chi connectivity index (χ2n) is 5.80. The molecule has 0 N–H and O–H groups in total. The van der Waals surface area contributed by atoms with Gasteiger partial charge in [-0.3, -0.25) is 9.69 Å². The number of carbonyl (C=O) groups is 1. The maximum atomic E-state index is 13.9. The van der Waals surface area contributed by atoms with Gasteiger partial charge in [0.2, 0.25) is 0 Å². The minimum Gasteiger partial charge on any atom is -0.292 e. The number of fused-ring (bicyclic) bond motifs is 2. The van der Waals surface area contributed by atoms with Crippen LogP contribution in [0.2, 0.25) is 0 Å². The van der Waals surface area contributed by atoms with Crippen LogP contribution in [-0.2, 0) is 6.42 Å². The summed E-state index contributed by atoms with van der Waals surface area (Å²) in [6, 6.07) is 14.2. The molecule has 0 fully saturated rings. The molecule has 4 heteroatoms. The molecule has 2 aromatic carbocycles. The molecule has 0 bridgehead atoms. The fourth-order valence-electron chi connectivity index (χ4n) is 3.11. The molecule has 4 rings (SSSR count). The molecule has 23 heavy (non-hydrogen) atoms. The molecule has 3 nitrogen and oxygen atoms in total. The summed E-state index contributed by atoms with van der Waals surface area (Å²) in [5.41, 5.74) is 3.08. The van der Waals surface area contributed by atoms with Crippen molar-refractivity contribution in [2.45, 2.75) is 13.3 Å². The highest BCUT2D eigenvalue weighted by atomic mass is 19.1. The Morgan fingerprint density at radius 1 is 1.17 bits per heavy atom. The lowest BCUT2D eigenvalue weighted by atomic mass is 10.1. The molecule has 2 heterocycles. The number of pyridine rings is 1. The average Bonchev–Trinajstić information content (AvgIpc) is 2.96. The number of anilines is 1. The van der Waals surface area contributed by atoms with Gasteiger partial charge in [0.25, 0.3) is 5.91 Å². The van der Waals surface area contributed by atoms with Gasteiger partial charge in [-0.25, -0.2) is 9.37 Å². The standard InChI is InChI=1S/C19H15FN2O/c1-12-5-4-6-13-11-14-9-10-22(18(14)21-17(12)13)19(23)15-7-2-3-8-16(15)20/h2-8,11H,9-10H2,1H3. The van der Waals surface area contributed by atoms with E-state index in [-0.39, 0.29) is 11.5 Å². The largest absolute Gasteiger partial charge is 0.292 e. The van der Waals surface area contributed by atoms with Gasteiger partial charge in [0.15, 0.2) is 0 Å². The van der Waals surface area contributed by atoms with E-state index in [1.165, 1.54) is 12.1 Å². The topological polar surface area (TPSA) is 33.2 Å². The molecule has 0 atom stereocenters. The van der Waals surface area contributed by atoms with Gasteiger partial charge >= 0.3 is 0 Å². The van der Waals surface area contributed by atoms with Crippen molar-refractivity contribution < 1.29 is 9.18 Å². The summed E-state index contributed by atoms with van der Waals surface area (Å²) in [5, 5.41) is 1.07. The molecule has 1 aliphatic heterocycles. The molecule has 0 radical (unpaired) electrons. The summed E-state index contributed by atoms with van der Waals surface area (Å²) in [6.45, 7) is 2.53. The smallest absolute Gasteiger partial charge is 0.262 e. The Bertz CT molecular complexity index is 936. The second-order valence-corrected chi connectivity index (χ2v) is 5.80. The van der Waals surface area contributed by atoms with Crippen LogP contribution in [0.25, 0.3) is 10.9 Å². The molecule has 0 spiro atoms. The third-order valence-corrected chi connectivity index (χ3v) is 4.31. The van der Waals surface area contributed by atoms with Crippen LogP contribution in [0.4, 0.5) is 10.2 Å². The monoisotopic (exact) mass is 306 g/mol. The first-order chi connectivity index (χ1) is 11.1. The first-order valence-corrected chi connectivity index (χ1v) is 7.61. The van der Waals surface area contributed by atoms with Crippen LogP contribution in [0.3, 0.4) is 0 Å². The minimum atomic E-state index is -0.497. The summed E-state index contributed by atoms with van der Waals surface area (Å²) in [7, 11) is 0. The highest BCUT2D eigenvalue weighted by Crippen LogP contribution is 2.31. The van der Waals surface area contributed by atoms with Crippen LogP contribution in [0, 0.1) is 12.7 Å². The molecule has 0 unspecified atom stereocenters. The van der Waals surface area contributed by atoms with Crippen LogP contribution in [-0.4, -0.2) is 17.4 Å². The van der Waals surface area contributed by atoms with Crippen molar-refractivity contribution in [2.24, 2.45) is 0 Å². The molecule has 3 aromatic rings. The third kappa shape index (κ3) is 2.18. The molecule has 114 valence electrons. The first-order valence-electron chi connectivity index (χ1n) is 7.61. The molecule has 0 aliphatic carbocycles. The predicted octanol–water partition coefficient (Wildman–Crippen LogP) is 3.89. The quantitative estimate of drug-likeness (QED) is 0.683. The number of hydrogen-bond acceptors (Lipinski definition) is 2. The van der Waals surface area contributed by atoms with Crippen molar-refractivity contribution in [3.8, 4) is 0 Å². The van der Waals surface area contributed by atoms with Crippen LogP contribution in [0.1, 0.15) is 21.5 Å². The van der Waals surface area contributed by atoms with Gasteiger partial charge < -0.3 is 0 Å². The molecular formula is C19H15FN2O. The van der Waals surface area contributed by atoms with E-state index in [9.17, 15) is 9.18 Å². The summed E-state index contributed by atoms with van der Waals surface area (Å²) in [5.74, 6) is -0.176.